The number of ether oxygens (including phenoxy) is 3. The van der Waals surface area contributed by atoms with Gasteiger partial charge in [0.25, 0.3) is 0 Å². The first-order valence-electron chi connectivity index (χ1n) is 10.4. The molecule has 1 fully saturated rings. The van der Waals surface area contributed by atoms with Gasteiger partial charge in [0.2, 0.25) is 0 Å². The van der Waals surface area contributed by atoms with Crippen molar-refractivity contribution in [2.45, 2.75) is 59.1 Å². The van der Waals surface area contributed by atoms with E-state index in [4.69, 9.17) is 14.2 Å². The quantitative estimate of drug-likeness (QED) is 0.257. The normalized spacial score (nSPS) is 16.5. The number of nitrogens with zero attached hydrogens (tertiary/aromatic N) is 2. The minimum Gasteiger partial charge on any atom is -0.462 e. The number of hydrogen-bond donors (Lipinski definition) is 2. The van der Waals surface area contributed by atoms with Crippen LogP contribution in [0.1, 0.15) is 66.4 Å². The number of hydrogen-bond acceptors (Lipinski definition) is 7. The SMILES string of the molecule is CCNC(=NCCCOC1CCOCC1)NC(C)c1nc(C)c(C(=O)OCC)s1. The molecule has 1 atom stereocenters. The zero-order valence-electron chi connectivity index (χ0n) is 18.0. The summed E-state index contributed by atoms with van der Waals surface area (Å²) in [7, 11) is 0. The Labute approximate surface area is 177 Å². The van der Waals surface area contributed by atoms with Crippen LogP contribution in [0.3, 0.4) is 0 Å². The molecule has 2 heterocycles. The second-order valence-electron chi connectivity index (χ2n) is 6.85. The minimum atomic E-state index is -0.314. The van der Waals surface area contributed by atoms with Crippen molar-refractivity contribution in [3.8, 4) is 0 Å². The van der Waals surface area contributed by atoms with E-state index < -0.39 is 0 Å². The molecule has 2 N–H and O–H groups in total. The highest BCUT2D eigenvalue weighted by atomic mass is 32.1. The molecule has 1 saturated heterocycles. The maximum atomic E-state index is 12.0. The number of aryl methyl sites for hydroxylation is 1. The number of aliphatic imine (C=N–C) groups is 1. The van der Waals surface area contributed by atoms with Crippen LogP contribution in [0.5, 0.6) is 0 Å². The summed E-state index contributed by atoms with van der Waals surface area (Å²) in [5, 5.41) is 7.45. The summed E-state index contributed by atoms with van der Waals surface area (Å²) in [6.07, 6.45) is 3.14. The lowest BCUT2D eigenvalue weighted by Crippen LogP contribution is -2.38. The molecule has 1 aliphatic rings. The lowest BCUT2D eigenvalue weighted by molar-refractivity contribution is -0.0318. The summed E-state index contributed by atoms with van der Waals surface area (Å²) < 4.78 is 16.3. The van der Waals surface area contributed by atoms with Gasteiger partial charge in [-0.3, -0.25) is 4.99 Å². The summed E-state index contributed by atoms with van der Waals surface area (Å²) in [5.41, 5.74) is 0.698. The van der Waals surface area contributed by atoms with E-state index in [-0.39, 0.29) is 12.0 Å². The second-order valence-corrected chi connectivity index (χ2v) is 7.88. The van der Waals surface area contributed by atoms with E-state index in [1.807, 2.05) is 20.8 Å². The number of carbonyl (C=O) groups is 1. The third-order valence-electron chi connectivity index (χ3n) is 4.44. The number of thiazole rings is 1. The van der Waals surface area contributed by atoms with E-state index in [0.29, 0.717) is 36.4 Å². The summed E-state index contributed by atoms with van der Waals surface area (Å²) in [6, 6.07) is -0.0711. The molecule has 0 radical (unpaired) electrons. The van der Waals surface area contributed by atoms with Crippen LogP contribution in [0, 0.1) is 6.92 Å². The van der Waals surface area contributed by atoms with Crippen LogP contribution in [0.15, 0.2) is 4.99 Å². The monoisotopic (exact) mass is 426 g/mol. The zero-order valence-corrected chi connectivity index (χ0v) is 18.8. The molecular weight excluding hydrogens is 392 g/mol. The van der Waals surface area contributed by atoms with Crippen LogP contribution in [0.2, 0.25) is 0 Å². The van der Waals surface area contributed by atoms with Crippen LogP contribution in [-0.2, 0) is 14.2 Å². The second kappa shape index (κ2) is 12.8. The Morgan fingerprint density at radius 3 is 2.83 bits per heavy atom. The summed E-state index contributed by atoms with van der Waals surface area (Å²) in [5.74, 6) is 0.419. The Balaban J connectivity index is 1.84. The van der Waals surface area contributed by atoms with E-state index in [1.165, 1.54) is 11.3 Å². The van der Waals surface area contributed by atoms with Crippen LogP contribution >= 0.6 is 11.3 Å². The summed E-state index contributed by atoms with van der Waals surface area (Å²) in [6.45, 7) is 11.8. The molecule has 1 aliphatic heterocycles. The summed E-state index contributed by atoms with van der Waals surface area (Å²) >= 11 is 1.36. The van der Waals surface area contributed by atoms with Crippen molar-refractivity contribution in [3.63, 3.8) is 0 Å². The molecule has 164 valence electrons. The average molecular weight is 427 g/mol. The molecule has 0 bridgehead atoms. The van der Waals surface area contributed by atoms with Gasteiger partial charge in [0, 0.05) is 32.9 Å². The molecule has 29 heavy (non-hydrogen) atoms. The Morgan fingerprint density at radius 2 is 2.14 bits per heavy atom. The highest BCUT2D eigenvalue weighted by molar-refractivity contribution is 7.13. The standard InChI is InChI=1S/C20H34N4O4S/c1-5-21-20(22-10-7-11-28-16-8-12-26-13-9-16)24-15(4)18-23-14(3)17(29-18)19(25)27-6-2/h15-16H,5-13H2,1-4H3,(H2,21,22,24). The third-order valence-corrected chi connectivity index (χ3v) is 5.76. The van der Waals surface area contributed by atoms with Crippen molar-refractivity contribution >= 4 is 23.3 Å². The number of aromatic nitrogens is 1. The number of rotatable bonds is 10. The minimum absolute atomic E-state index is 0.0711. The van der Waals surface area contributed by atoms with Crippen LogP contribution < -0.4 is 10.6 Å². The Hall–Kier alpha value is -1.71. The number of esters is 1. The van der Waals surface area contributed by atoms with E-state index in [2.05, 4.69) is 20.6 Å². The molecule has 1 unspecified atom stereocenters. The Kier molecular flexibility index (Phi) is 10.4. The van der Waals surface area contributed by atoms with Gasteiger partial charge in [0.1, 0.15) is 9.88 Å². The van der Waals surface area contributed by atoms with Gasteiger partial charge in [-0.2, -0.15) is 0 Å². The fraction of sp³-hybridized carbons (Fsp3) is 0.750. The fourth-order valence-electron chi connectivity index (χ4n) is 2.92. The molecule has 0 amide bonds. The molecule has 0 aromatic carbocycles. The molecule has 1 aromatic rings. The lowest BCUT2D eigenvalue weighted by Gasteiger charge is -2.22. The first-order valence-corrected chi connectivity index (χ1v) is 11.2. The predicted molar refractivity (Wildman–Crippen MR) is 115 cm³/mol. The Bertz CT molecular complexity index is 659. The van der Waals surface area contributed by atoms with Crippen molar-refractivity contribution in [3.05, 3.63) is 15.6 Å². The third kappa shape index (κ3) is 7.91. The maximum absolute atomic E-state index is 12.0. The molecule has 2 rings (SSSR count). The molecule has 0 aliphatic carbocycles. The van der Waals surface area contributed by atoms with Gasteiger partial charge in [-0.05, 0) is 47.0 Å². The highest BCUT2D eigenvalue weighted by Gasteiger charge is 2.20. The molecule has 0 saturated carbocycles. The van der Waals surface area contributed by atoms with Gasteiger partial charge in [0.15, 0.2) is 5.96 Å². The van der Waals surface area contributed by atoms with Crippen LogP contribution in [-0.4, -0.2) is 62.5 Å². The van der Waals surface area contributed by atoms with Crippen LogP contribution in [0.25, 0.3) is 0 Å². The smallest absolute Gasteiger partial charge is 0.350 e. The largest absolute Gasteiger partial charge is 0.462 e. The van der Waals surface area contributed by atoms with Gasteiger partial charge >= 0.3 is 5.97 Å². The number of guanidine groups is 1. The van der Waals surface area contributed by atoms with Gasteiger partial charge in [0.05, 0.1) is 24.4 Å². The van der Waals surface area contributed by atoms with E-state index >= 15 is 0 Å². The molecule has 9 heteroatoms. The molecule has 1 aromatic heterocycles. The zero-order chi connectivity index (χ0) is 21.1. The van der Waals surface area contributed by atoms with Crippen molar-refractivity contribution in [1.82, 2.24) is 15.6 Å². The first kappa shape index (κ1) is 23.6. The van der Waals surface area contributed by atoms with E-state index in [1.54, 1.807) is 6.92 Å². The molecular formula is C20H34N4O4S. The van der Waals surface area contributed by atoms with Gasteiger partial charge in [-0.15, -0.1) is 11.3 Å². The van der Waals surface area contributed by atoms with Crippen molar-refractivity contribution in [1.29, 1.82) is 0 Å². The highest BCUT2D eigenvalue weighted by Crippen LogP contribution is 2.24. The first-order chi connectivity index (χ1) is 14.0. The maximum Gasteiger partial charge on any atom is 0.350 e. The topological polar surface area (TPSA) is 94.1 Å². The number of carbonyl (C=O) groups excluding carboxylic acids is 1. The fourth-order valence-corrected chi connectivity index (χ4v) is 3.89. The van der Waals surface area contributed by atoms with Gasteiger partial charge < -0.3 is 24.8 Å². The van der Waals surface area contributed by atoms with Gasteiger partial charge in [-0.25, -0.2) is 9.78 Å². The Morgan fingerprint density at radius 1 is 1.38 bits per heavy atom. The lowest BCUT2D eigenvalue weighted by atomic mass is 10.1. The molecule has 0 spiro atoms. The summed E-state index contributed by atoms with van der Waals surface area (Å²) in [4.78, 5) is 21.7. The van der Waals surface area contributed by atoms with Crippen molar-refractivity contribution < 1.29 is 19.0 Å². The van der Waals surface area contributed by atoms with Crippen molar-refractivity contribution in [2.75, 3.05) is 39.5 Å². The predicted octanol–water partition coefficient (Wildman–Crippen LogP) is 2.83. The molecule has 8 nitrogen and oxygen atoms in total. The van der Waals surface area contributed by atoms with Gasteiger partial charge in [-0.1, -0.05) is 0 Å². The number of nitrogens with one attached hydrogen (secondary N) is 2. The van der Waals surface area contributed by atoms with Crippen LogP contribution in [0.4, 0.5) is 0 Å². The van der Waals surface area contributed by atoms with E-state index in [0.717, 1.165) is 50.0 Å². The van der Waals surface area contributed by atoms with E-state index in [9.17, 15) is 4.79 Å². The van der Waals surface area contributed by atoms with Crippen molar-refractivity contribution in [2.24, 2.45) is 4.99 Å². The average Bonchev–Trinajstić information content (AvgIpc) is 3.11.